The smallest absolute Gasteiger partial charge is 0.312 e. The lowest BCUT2D eigenvalue weighted by Crippen LogP contribution is -2.16. The molecular formula is C13H20N2O2S. The minimum absolute atomic E-state index is 0.394. The van der Waals surface area contributed by atoms with E-state index in [0.717, 1.165) is 28.7 Å². The average Bonchev–Trinajstić information content (AvgIpc) is 2.83. The number of carbonyl (C=O) groups is 1. The fourth-order valence-corrected chi connectivity index (χ4v) is 3.07. The lowest BCUT2D eigenvalue weighted by molar-refractivity contribution is -0.138. The molecule has 100 valence electrons. The van der Waals surface area contributed by atoms with Gasteiger partial charge in [-0.2, -0.15) is 0 Å². The first-order valence-electron chi connectivity index (χ1n) is 6.45. The van der Waals surface area contributed by atoms with Crippen LogP contribution in [-0.2, 0) is 11.2 Å². The van der Waals surface area contributed by atoms with Crippen molar-refractivity contribution in [3.8, 4) is 0 Å². The van der Waals surface area contributed by atoms with Gasteiger partial charge in [-0.1, -0.05) is 20.8 Å². The lowest BCUT2D eigenvalue weighted by atomic mass is 9.98. The molecule has 1 aromatic rings. The highest BCUT2D eigenvalue weighted by Crippen LogP contribution is 2.38. The van der Waals surface area contributed by atoms with Crippen LogP contribution in [0.5, 0.6) is 0 Å². The van der Waals surface area contributed by atoms with Gasteiger partial charge in [-0.05, 0) is 24.7 Å². The summed E-state index contributed by atoms with van der Waals surface area (Å²) in [5.74, 6) is 0.0746. The van der Waals surface area contributed by atoms with Crippen molar-refractivity contribution in [3.05, 3.63) is 10.6 Å². The second-order valence-corrected chi connectivity index (χ2v) is 6.44. The Bertz CT molecular complexity index is 442. The van der Waals surface area contributed by atoms with Crippen LogP contribution in [0.3, 0.4) is 0 Å². The summed E-state index contributed by atoms with van der Waals surface area (Å²) >= 11 is 1.61. The van der Waals surface area contributed by atoms with Crippen LogP contribution in [0, 0.1) is 11.8 Å². The number of hydrogen-bond acceptors (Lipinski definition) is 4. The predicted octanol–water partition coefficient (Wildman–Crippen LogP) is 2.96. The molecule has 1 aliphatic carbocycles. The number of hydrogen-bond donors (Lipinski definition) is 2. The van der Waals surface area contributed by atoms with Crippen molar-refractivity contribution in [2.75, 3.05) is 11.9 Å². The summed E-state index contributed by atoms with van der Waals surface area (Å²) in [6, 6.07) is 0. The van der Waals surface area contributed by atoms with E-state index in [1.807, 2.05) is 0 Å². The molecule has 4 nitrogen and oxygen atoms in total. The number of rotatable bonds is 5. The van der Waals surface area contributed by atoms with Gasteiger partial charge >= 0.3 is 5.97 Å². The maximum Gasteiger partial charge on any atom is 0.312 e. The topological polar surface area (TPSA) is 62.2 Å². The van der Waals surface area contributed by atoms with Crippen molar-refractivity contribution >= 4 is 22.4 Å². The van der Waals surface area contributed by atoms with Gasteiger partial charge in [0, 0.05) is 11.4 Å². The summed E-state index contributed by atoms with van der Waals surface area (Å²) in [5.41, 5.74) is 0.784. The Hall–Kier alpha value is -1.10. The van der Waals surface area contributed by atoms with E-state index in [4.69, 9.17) is 5.11 Å². The minimum atomic E-state index is -0.749. The largest absolute Gasteiger partial charge is 0.481 e. The Labute approximate surface area is 111 Å². The number of aryl methyl sites for hydroxylation is 1. The third-order valence-corrected chi connectivity index (χ3v) is 4.82. The van der Waals surface area contributed by atoms with Crippen LogP contribution in [-0.4, -0.2) is 22.6 Å². The Morgan fingerprint density at radius 3 is 2.89 bits per heavy atom. The molecule has 0 saturated heterocycles. The Morgan fingerprint density at radius 2 is 2.28 bits per heavy atom. The van der Waals surface area contributed by atoms with Crippen LogP contribution in [0.1, 0.15) is 43.7 Å². The number of carboxylic acids is 1. The maximum atomic E-state index is 11.1. The van der Waals surface area contributed by atoms with E-state index < -0.39 is 11.9 Å². The fraction of sp³-hybridized carbons (Fsp3) is 0.692. The molecule has 0 radical (unpaired) electrons. The third kappa shape index (κ3) is 2.66. The molecular weight excluding hydrogens is 248 g/mol. The number of nitrogens with one attached hydrogen (secondary N) is 1. The SMILES string of the molecule is CC(C)C(C)CNc1nc2c(s1)CCC2C(=O)O. The number of aliphatic carboxylic acids is 1. The van der Waals surface area contributed by atoms with E-state index in [9.17, 15) is 4.79 Å². The van der Waals surface area contributed by atoms with Crippen LogP contribution in [0.4, 0.5) is 5.13 Å². The van der Waals surface area contributed by atoms with Gasteiger partial charge in [0.25, 0.3) is 0 Å². The van der Waals surface area contributed by atoms with Crippen molar-refractivity contribution in [1.29, 1.82) is 0 Å². The summed E-state index contributed by atoms with van der Waals surface area (Å²) in [4.78, 5) is 16.7. The quantitative estimate of drug-likeness (QED) is 0.862. The molecule has 2 atom stereocenters. The number of aromatic nitrogens is 1. The standard InChI is InChI=1S/C13H20N2O2S/c1-7(2)8(3)6-14-13-15-11-9(12(16)17)4-5-10(11)18-13/h7-9H,4-6H2,1-3H3,(H,14,15)(H,16,17). The van der Waals surface area contributed by atoms with Gasteiger partial charge in [0.1, 0.15) is 5.92 Å². The fourth-order valence-electron chi connectivity index (χ4n) is 2.03. The molecule has 18 heavy (non-hydrogen) atoms. The van der Waals surface area contributed by atoms with Crippen molar-refractivity contribution in [3.63, 3.8) is 0 Å². The summed E-state index contributed by atoms with van der Waals surface area (Å²) < 4.78 is 0. The zero-order valence-corrected chi connectivity index (χ0v) is 11.9. The minimum Gasteiger partial charge on any atom is -0.481 e. The molecule has 0 aromatic carbocycles. The monoisotopic (exact) mass is 268 g/mol. The molecule has 1 aliphatic rings. The first-order valence-corrected chi connectivity index (χ1v) is 7.27. The number of carboxylic acid groups (broad SMARTS) is 1. The highest BCUT2D eigenvalue weighted by atomic mass is 32.1. The van der Waals surface area contributed by atoms with Gasteiger partial charge in [-0.25, -0.2) is 4.98 Å². The van der Waals surface area contributed by atoms with Crippen molar-refractivity contribution < 1.29 is 9.90 Å². The highest BCUT2D eigenvalue weighted by molar-refractivity contribution is 7.15. The molecule has 0 aliphatic heterocycles. The van der Waals surface area contributed by atoms with Gasteiger partial charge < -0.3 is 10.4 Å². The molecule has 2 unspecified atom stereocenters. The Balaban J connectivity index is 2.01. The van der Waals surface area contributed by atoms with Crippen molar-refractivity contribution in [1.82, 2.24) is 4.98 Å². The van der Waals surface area contributed by atoms with Crippen molar-refractivity contribution in [2.45, 2.75) is 39.5 Å². The van der Waals surface area contributed by atoms with E-state index >= 15 is 0 Å². The lowest BCUT2D eigenvalue weighted by Gasteiger charge is -2.15. The first-order chi connectivity index (χ1) is 8.49. The van der Waals surface area contributed by atoms with Crippen LogP contribution in [0.15, 0.2) is 0 Å². The maximum absolute atomic E-state index is 11.1. The number of anilines is 1. The molecule has 0 bridgehead atoms. The van der Waals surface area contributed by atoms with Gasteiger partial charge in [0.2, 0.25) is 0 Å². The van der Waals surface area contributed by atoms with Gasteiger partial charge in [0.15, 0.2) is 5.13 Å². The molecule has 0 spiro atoms. The van der Waals surface area contributed by atoms with E-state index in [1.54, 1.807) is 11.3 Å². The molecule has 5 heteroatoms. The van der Waals surface area contributed by atoms with E-state index in [0.29, 0.717) is 18.3 Å². The molecule has 0 amide bonds. The van der Waals surface area contributed by atoms with Crippen molar-refractivity contribution in [2.24, 2.45) is 11.8 Å². The average molecular weight is 268 g/mol. The number of nitrogens with zero attached hydrogens (tertiary/aromatic N) is 1. The van der Waals surface area contributed by atoms with E-state index in [-0.39, 0.29) is 0 Å². The molecule has 0 fully saturated rings. The summed E-state index contributed by atoms with van der Waals surface area (Å²) in [6.07, 6.45) is 1.55. The Kier molecular flexibility index (Phi) is 3.90. The van der Waals surface area contributed by atoms with E-state index in [2.05, 4.69) is 31.1 Å². The second kappa shape index (κ2) is 5.26. The van der Waals surface area contributed by atoms with Gasteiger partial charge in [-0.15, -0.1) is 11.3 Å². The van der Waals surface area contributed by atoms with E-state index in [1.165, 1.54) is 0 Å². The van der Waals surface area contributed by atoms with Gasteiger partial charge in [0.05, 0.1) is 5.69 Å². The van der Waals surface area contributed by atoms with Crippen LogP contribution in [0.2, 0.25) is 0 Å². The van der Waals surface area contributed by atoms with Crippen LogP contribution in [0.25, 0.3) is 0 Å². The number of fused-ring (bicyclic) bond motifs is 1. The number of thiazole rings is 1. The van der Waals surface area contributed by atoms with Crippen LogP contribution < -0.4 is 5.32 Å². The third-order valence-electron chi connectivity index (χ3n) is 3.73. The van der Waals surface area contributed by atoms with Crippen LogP contribution >= 0.6 is 11.3 Å². The molecule has 2 rings (SSSR count). The summed E-state index contributed by atoms with van der Waals surface area (Å²) in [6.45, 7) is 7.50. The molecule has 1 heterocycles. The zero-order valence-electron chi connectivity index (χ0n) is 11.1. The zero-order chi connectivity index (χ0) is 13.3. The summed E-state index contributed by atoms with van der Waals surface area (Å²) in [5, 5.41) is 13.3. The molecule has 2 N–H and O–H groups in total. The second-order valence-electron chi connectivity index (χ2n) is 5.36. The highest BCUT2D eigenvalue weighted by Gasteiger charge is 2.32. The summed E-state index contributed by atoms with van der Waals surface area (Å²) in [7, 11) is 0. The molecule has 1 aromatic heterocycles. The first kappa shape index (κ1) is 13.3. The van der Waals surface area contributed by atoms with Gasteiger partial charge in [-0.3, -0.25) is 4.79 Å². The predicted molar refractivity (Wildman–Crippen MR) is 73.3 cm³/mol. The molecule has 0 saturated carbocycles. The Morgan fingerprint density at radius 1 is 1.56 bits per heavy atom. The normalized spacial score (nSPS) is 19.9.